The van der Waals surface area contributed by atoms with Crippen LogP contribution in [0.4, 0.5) is 17.1 Å². The zero-order chi connectivity index (χ0) is 23.7. The van der Waals surface area contributed by atoms with Gasteiger partial charge in [-0.25, -0.2) is 0 Å². The number of rotatable bonds is 4. The van der Waals surface area contributed by atoms with Gasteiger partial charge in [-0.05, 0) is 67.6 Å². The first kappa shape index (κ1) is 21.1. The molecule has 9 nitrogen and oxygen atoms in total. The van der Waals surface area contributed by atoms with E-state index < -0.39 is 0 Å². The highest BCUT2D eigenvalue weighted by Crippen LogP contribution is 2.30. The molecule has 0 radical (unpaired) electrons. The average molecular weight is 453 g/mol. The van der Waals surface area contributed by atoms with Gasteiger partial charge < -0.3 is 15.2 Å². The largest absolute Gasteiger partial charge is 0.334 e. The number of para-hydroxylation sites is 2. The Hall–Kier alpha value is -4.79. The monoisotopic (exact) mass is 453 g/mol. The quantitative estimate of drug-likeness (QED) is 0.484. The molecule has 0 bridgehead atoms. The van der Waals surface area contributed by atoms with Gasteiger partial charge in [0.2, 0.25) is 5.91 Å². The molecule has 0 aliphatic carbocycles. The number of amides is 3. The first-order chi connectivity index (χ1) is 16.5. The van der Waals surface area contributed by atoms with Crippen molar-refractivity contribution in [1.82, 2.24) is 10.1 Å². The van der Waals surface area contributed by atoms with Crippen LogP contribution in [-0.4, -0.2) is 34.4 Å². The Bertz CT molecular complexity index is 1390. The molecule has 3 aromatic carbocycles. The highest BCUT2D eigenvalue weighted by molar-refractivity contribution is 6.15. The normalized spacial score (nSPS) is 12.6. The molecule has 0 unspecified atom stereocenters. The lowest BCUT2D eigenvalue weighted by Crippen LogP contribution is -2.42. The van der Waals surface area contributed by atoms with Crippen molar-refractivity contribution in [3.05, 3.63) is 89.7 Å². The third kappa shape index (κ3) is 4.14. The highest BCUT2D eigenvalue weighted by Gasteiger charge is 2.27. The molecule has 3 amide bonds. The number of hydrogen-bond donors (Lipinski definition) is 2. The SMILES string of the molecule is Cc1noc(-c2ccc(C(=O)Nc3ccc(C(=O)N4CC(=O)Nc5ccccc54)cc3)cc2)n1. The molecule has 4 aromatic rings. The number of aromatic nitrogens is 2. The summed E-state index contributed by atoms with van der Waals surface area (Å²) in [5.74, 6) is 0.0715. The summed E-state index contributed by atoms with van der Waals surface area (Å²) >= 11 is 0. The Kier molecular flexibility index (Phi) is 5.35. The van der Waals surface area contributed by atoms with Crippen LogP contribution in [0.15, 0.2) is 77.3 Å². The van der Waals surface area contributed by atoms with E-state index >= 15 is 0 Å². The van der Waals surface area contributed by atoms with Gasteiger partial charge in [0.05, 0.1) is 11.4 Å². The second-order valence-electron chi connectivity index (χ2n) is 7.71. The summed E-state index contributed by atoms with van der Waals surface area (Å²) < 4.78 is 5.13. The molecule has 0 saturated carbocycles. The average Bonchev–Trinajstić information content (AvgIpc) is 3.30. The van der Waals surface area contributed by atoms with E-state index in [9.17, 15) is 14.4 Å². The van der Waals surface area contributed by atoms with Gasteiger partial charge in [-0.3, -0.25) is 19.3 Å². The van der Waals surface area contributed by atoms with Gasteiger partial charge in [-0.15, -0.1) is 0 Å². The molecule has 168 valence electrons. The number of hydrogen-bond acceptors (Lipinski definition) is 6. The van der Waals surface area contributed by atoms with E-state index in [0.29, 0.717) is 45.5 Å². The second-order valence-corrected chi connectivity index (χ2v) is 7.71. The number of anilines is 3. The van der Waals surface area contributed by atoms with E-state index in [-0.39, 0.29) is 24.3 Å². The van der Waals surface area contributed by atoms with Gasteiger partial charge in [0.1, 0.15) is 6.54 Å². The first-order valence-corrected chi connectivity index (χ1v) is 10.5. The molecule has 0 atom stereocenters. The zero-order valence-electron chi connectivity index (χ0n) is 18.1. The minimum atomic E-state index is -0.299. The standard InChI is InChI=1S/C25H19N5O4/c1-15-26-24(34-29-15)17-8-6-16(7-9-17)23(32)27-19-12-10-18(11-13-19)25(33)30-14-22(31)28-20-4-2-3-5-21(20)30/h2-13H,14H2,1H3,(H,27,32)(H,28,31). The molecule has 1 aromatic heterocycles. The molecule has 1 aliphatic heterocycles. The lowest BCUT2D eigenvalue weighted by atomic mass is 10.1. The number of carbonyl (C=O) groups excluding carboxylic acids is 3. The molecule has 34 heavy (non-hydrogen) atoms. The molecule has 0 saturated heterocycles. The number of nitrogens with one attached hydrogen (secondary N) is 2. The number of fused-ring (bicyclic) bond motifs is 1. The summed E-state index contributed by atoms with van der Waals surface area (Å²) in [4.78, 5) is 43.3. The van der Waals surface area contributed by atoms with Crippen LogP contribution in [0.5, 0.6) is 0 Å². The summed E-state index contributed by atoms with van der Waals surface area (Å²) in [5.41, 5.74) is 3.35. The molecule has 0 spiro atoms. The smallest absolute Gasteiger partial charge is 0.258 e. The van der Waals surface area contributed by atoms with Crippen molar-refractivity contribution in [2.24, 2.45) is 0 Å². The summed E-state index contributed by atoms with van der Waals surface area (Å²) in [6.45, 7) is 1.67. The van der Waals surface area contributed by atoms with E-state index in [0.717, 1.165) is 0 Å². The summed E-state index contributed by atoms with van der Waals surface area (Å²) in [6.07, 6.45) is 0. The van der Waals surface area contributed by atoms with Crippen LogP contribution in [0.3, 0.4) is 0 Å². The Morgan fingerprint density at radius 2 is 1.68 bits per heavy atom. The van der Waals surface area contributed by atoms with Crippen LogP contribution in [0.25, 0.3) is 11.5 Å². The molecule has 5 rings (SSSR count). The third-order valence-electron chi connectivity index (χ3n) is 5.33. The van der Waals surface area contributed by atoms with E-state index in [1.807, 2.05) is 6.07 Å². The Morgan fingerprint density at radius 1 is 0.971 bits per heavy atom. The fourth-order valence-electron chi connectivity index (χ4n) is 3.65. The van der Waals surface area contributed by atoms with E-state index in [2.05, 4.69) is 20.8 Å². The Morgan fingerprint density at radius 3 is 2.38 bits per heavy atom. The molecule has 1 aliphatic rings. The van der Waals surface area contributed by atoms with Crippen LogP contribution in [0.1, 0.15) is 26.5 Å². The van der Waals surface area contributed by atoms with Gasteiger partial charge >= 0.3 is 0 Å². The van der Waals surface area contributed by atoms with Gasteiger partial charge in [-0.2, -0.15) is 4.98 Å². The van der Waals surface area contributed by atoms with Crippen molar-refractivity contribution in [2.75, 3.05) is 22.1 Å². The van der Waals surface area contributed by atoms with Crippen molar-refractivity contribution in [2.45, 2.75) is 6.92 Å². The zero-order valence-corrected chi connectivity index (χ0v) is 18.1. The van der Waals surface area contributed by atoms with Crippen LogP contribution in [-0.2, 0) is 4.79 Å². The van der Waals surface area contributed by atoms with Crippen LogP contribution >= 0.6 is 0 Å². The first-order valence-electron chi connectivity index (χ1n) is 10.5. The molecule has 2 heterocycles. The van der Waals surface area contributed by atoms with Gasteiger partial charge in [0, 0.05) is 22.4 Å². The van der Waals surface area contributed by atoms with E-state index in [1.165, 1.54) is 4.90 Å². The lowest BCUT2D eigenvalue weighted by Gasteiger charge is -2.29. The van der Waals surface area contributed by atoms with Gasteiger partial charge in [0.25, 0.3) is 17.7 Å². The van der Waals surface area contributed by atoms with Crippen LogP contribution in [0.2, 0.25) is 0 Å². The van der Waals surface area contributed by atoms with E-state index in [4.69, 9.17) is 4.52 Å². The third-order valence-corrected chi connectivity index (χ3v) is 5.33. The predicted octanol–water partition coefficient (Wildman–Crippen LogP) is 3.90. The molecular formula is C25H19N5O4. The fraction of sp³-hybridized carbons (Fsp3) is 0.0800. The topological polar surface area (TPSA) is 117 Å². The minimum Gasteiger partial charge on any atom is -0.334 e. The Balaban J connectivity index is 1.28. The number of nitrogens with zero attached hydrogens (tertiary/aromatic N) is 3. The fourth-order valence-corrected chi connectivity index (χ4v) is 3.65. The van der Waals surface area contributed by atoms with Crippen molar-refractivity contribution in [3.63, 3.8) is 0 Å². The molecule has 9 heteroatoms. The number of carbonyl (C=O) groups is 3. The minimum absolute atomic E-state index is 0.0620. The summed E-state index contributed by atoms with van der Waals surface area (Å²) in [7, 11) is 0. The van der Waals surface area contributed by atoms with Crippen molar-refractivity contribution in [3.8, 4) is 11.5 Å². The van der Waals surface area contributed by atoms with Crippen LogP contribution < -0.4 is 15.5 Å². The summed E-state index contributed by atoms with van der Waals surface area (Å²) in [5, 5.41) is 9.33. The van der Waals surface area contributed by atoms with Gasteiger partial charge in [0.15, 0.2) is 5.82 Å². The predicted molar refractivity (Wildman–Crippen MR) is 126 cm³/mol. The maximum atomic E-state index is 13.1. The van der Waals surface area contributed by atoms with Crippen molar-refractivity contribution >= 4 is 34.8 Å². The number of aryl methyl sites for hydroxylation is 1. The molecule has 0 fully saturated rings. The molecule has 2 N–H and O–H groups in total. The second kappa shape index (κ2) is 8.62. The van der Waals surface area contributed by atoms with Crippen molar-refractivity contribution < 1.29 is 18.9 Å². The van der Waals surface area contributed by atoms with Crippen LogP contribution in [0, 0.1) is 6.92 Å². The summed E-state index contributed by atoms with van der Waals surface area (Å²) in [6, 6.07) is 20.5. The lowest BCUT2D eigenvalue weighted by molar-refractivity contribution is -0.115. The number of benzene rings is 3. The molecular weight excluding hydrogens is 434 g/mol. The highest BCUT2D eigenvalue weighted by atomic mass is 16.5. The van der Waals surface area contributed by atoms with Crippen molar-refractivity contribution in [1.29, 1.82) is 0 Å². The maximum Gasteiger partial charge on any atom is 0.258 e. The Labute approximate surface area is 194 Å². The maximum absolute atomic E-state index is 13.1. The van der Waals surface area contributed by atoms with Gasteiger partial charge in [-0.1, -0.05) is 17.3 Å². The van der Waals surface area contributed by atoms with E-state index in [1.54, 1.807) is 73.7 Å².